The van der Waals surface area contributed by atoms with E-state index in [9.17, 15) is 13.6 Å². The molecule has 24 heavy (non-hydrogen) atoms. The molecule has 1 atom stereocenters. The monoisotopic (exact) mass is 332 g/mol. The van der Waals surface area contributed by atoms with Crippen LogP contribution in [0, 0.1) is 11.6 Å². The molecule has 2 aliphatic rings. The number of aromatic amines is 1. The molecule has 1 aliphatic heterocycles. The van der Waals surface area contributed by atoms with Crippen molar-refractivity contribution in [3.63, 3.8) is 0 Å². The van der Waals surface area contributed by atoms with Crippen LogP contribution in [0.25, 0.3) is 0 Å². The maximum absolute atomic E-state index is 13.9. The third kappa shape index (κ3) is 2.98. The summed E-state index contributed by atoms with van der Waals surface area (Å²) < 4.78 is 26.9. The van der Waals surface area contributed by atoms with Crippen LogP contribution in [0.15, 0.2) is 24.3 Å². The van der Waals surface area contributed by atoms with Crippen molar-refractivity contribution in [3.05, 3.63) is 47.3 Å². The number of nitrogens with zero attached hydrogens (tertiary/aromatic N) is 2. The van der Waals surface area contributed by atoms with Gasteiger partial charge in [-0.05, 0) is 37.5 Å². The minimum atomic E-state index is -0.592. The number of hydrogen-bond donors (Lipinski definition) is 2. The van der Waals surface area contributed by atoms with Crippen LogP contribution in [0.5, 0.6) is 0 Å². The second-order valence-electron chi connectivity index (χ2n) is 6.48. The Morgan fingerprint density at radius 3 is 2.83 bits per heavy atom. The van der Waals surface area contributed by atoms with E-state index in [0.29, 0.717) is 36.8 Å². The van der Waals surface area contributed by atoms with Crippen molar-refractivity contribution >= 4 is 11.6 Å². The molecule has 1 aliphatic carbocycles. The first-order valence-electron chi connectivity index (χ1n) is 8.16. The van der Waals surface area contributed by atoms with Crippen LogP contribution < -0.4 is 10.2 Å². The predicted octanol–water partition coefficient (Wildman–Crippen LogP) is 2.57. The normalized spacial score (nSPS) is 20.4. The summed E-state index contributed by atoms with van der Waals surface area (Å²) in [5.41, 5.74) is 1.77. The van der Waals surface area contributed by atoms with Crippen LogP contribution in [-0.2, 0) is 0 Å². The van der Waals surface area contributed by atoms with Crippen LogP contribution in [0.1, 0.15) is 41.4 Å². The smallest absolute Gasteiger partial charge is 0.272 e. The predicted molar refractivity (Wildman–Crippen MR) is 85.0 cm³/mol. The van der Waals surface area contributed by atoms with Gasteiger partial charge in [0.05, 0.1) is 5.69 Å². The molecule has 1 saturated carbocycles. The van der Waals surface area contributed by atoms with Gasteiger partial charge >= 0.3 is 0 Å². The molecule has 1 amide bonds. The highest BCUT2D eigenvalue weighted by atomic mass is 19.1. The average Bonchev–Trinajstić information content (AvgIpc) is 3.09. The molecular weight excluding hydrogens is 314 g/mol. The zero-order valence-corrected chi connectivity index (χ0v) is 13.1. The van der Waals surface area contributed by atoms with Crippen molar-refractivity contribution in [2.75, 3.05) is 18.0 Å². The highest BCUT2D eigenvalue weighted by molar-refractivity contribution is 5.92. The molecule has 1 unspecified atom stereocenters. The second-order valence-corrected chi connectivity index (χ2v) is 6.48. The van der Waals surface area contributed by atoms with Gasteiger partial charge in [-0.3, -0.25) is 9.89 Å². The standard InChI is InChI=1S/C17H18F2N4O/c18-11-3-4-16(13(19)7-11)23-6-5-12(9-23)20-17(24)15-8-14(21-22-15)10-1-2-10/h3-4,7-8,10,12H,1-2,5-6,9H2,(H,20,24)(H,21,22). The Kier molecular flexibility index (Phi) is 3.70. The Morgan fingerprint density at radius 1 is 1.25 bits per heavy atom. The van der Waals surface area contributed by atoms with E-state index < -0.39 is 11.6 Å². The minimum Gasteiger partial charge on any atom is -0.367 e. The van der Waals surface area contributed by atoms with Crippen LogP contribution in [0.2, 0.25) is 0 Å². The summed E-state index contributed by atoms with van der Waals surface area (Å²) in [4.78, 5) is 14.1. The van der Waals surface area contributed by atoms with Gasteiger partial charge in [-0.2, -0.15) is 5.10 Å². The summed E-state index contributed by atoms with van der Waals surface area (Å²) >= 11 is 0. The van der Waals surface area contributed by atoms with Gasteiger partial charge in [0.15, 0.2) is 0 Å². The number of benzene rings is 1. The third-order valence-electron chi connectivity index (χ3n) is 4.62. The van der Waals surface area contributed by atoms with Crippen molar-refractivity contribution in [2.45, 2.75) is 31.2 Å². The largest absolute Gasteiger partial charge is 0.367 e. The average molecular weight is 332 g/mol. The molecular formula is C17H18F2N4O. The van der Waals surface area contributed by atoms with Crippen molar-refractivity contribution in [3.8, 4) is 0 Å². The van der Waals surface area contributed by atoms with Gasteiger partial charge in [0.25, 0.3) is 5.91 Å². The fraction of sp³-hybridized carbons (Fsp3) is 0.412. The summed E-state index contributed by atoms with van der Waals surface area (Å²) in [6, 6.07) is 5.28. The van der Waals surface area contributed by atoms with E-state index >= 15 is 0 Å². The number of amides is 1. The maximum atomic E-state index is 13.9. The van der Waals surface area contributed by atoms with Gasteiger partial charge in [-0.1, -0.05) is 0 Å². The van der Waals surface area contributed by atoms with Crippen LogP contribution in [0.4, 0.5) is 14.5 Å². The first kappa shape index (κ1) is 15.1. The van der Waals surface area contributed by atoms with E-state index in [1.54, 1.807) is 6.07 Å². The van der Waals surface area contributed by atoms with Crippen molar-refractivity contribution < 1.29 is 13.6 Å². The molecule has 2 heterocycles. The van der Waals surface area contributed by atoms with Gasteiger partial charge in [0.1, 0.15) is 17.3 Å². The molecule has 126 valence electrons. The molecule has 5 nitrogen and oxygen atoms in total. The quantitative estimate of drug-likeness (QED) is 0.905. The number of carbonyl (C=O) groups is 1. The first-order chi connectivity index (χ1) is 11.6. The zero-order chi connectivity index (χ0) is 16.7. The summed E-state index contributed by atoms with van der Waals surface area (Å²) in [5, 5.41) is 9.92. The molecule has 4 rings (SSSR count). The molecule has 0 spiro atoms. The van der Waals surface area contributed by atoms with Crippen LogP contribution >= 0.6 is 0 Å². The Bertz CT molecular complexity index is 772. The number of H-pyrrole nitrogens is 1. The lowest BCUT2D eigenvalue weighted by Crippen LogP contribution is -2.37. The number of nitrogens with one attached hydrogen (secondary N) is 2. The molecule has 0 bridgehead atoms. The van der Waals surface area contributed by atoms with E-state index in [2.05, 4.69) is 15.5 Å². The van der Waals surface area contributed by atoms with E-state index in [4.69, 9.17) is 0 Å². The lowest BCUT2D eigenvalue weighted by Gasteiger charge is -2.19. The first-order valence-corrected chi connectivity index (χ1v) is 8.16. The van der Waals surface area contributed by atoms with E-state index in [1.807, 2.05) is 4.90 Å². The fourth-order valence-electron chi connectivity index (χ4n) is 3.15. The third-order valence-corrected chi connectivity index (χ3v) is 4.62. The van der Waals surface area contributed by atoms with Crippen molar-refractivity contribution in [1.29, 1.82) is 0 Å². The lowest BCUT2D eigenvalue weighted by atomic mass is 10.2. The number of carbonyl (C=O) groups excluding carboxylic acids is 1. The van der Waals surface area contributed by atoms with E-state index in [0.717, 1.165) is 24.6 Å². The highest BCUT2D eigenvalue weighted by Gasteiger charge is 2.29. The molecule has 1 aromatic carbocycles. The molecule has 0 radical (unpaired) electrons. The van der Waals surface area contributed by atoms with Crippen LogP contribution in [0.3, 0.4) is 0 Å². The maximum Gasteiger partial charge on any atom is 0.272 e. The molecule has 1 saturated heterocycles. The fourth-order valence-corrected chi connectivity index (χ4v) is 3.15. The summed E-state index contributed by atoms with van der Waals surface area (Å²) in [7, 11) is 0. The van der Waals surface area contributed by atoms with Crippen molar-refractivity contribution in [1.82, 2.24) is 15.5 Å². The van der Waals surface area contributed by atoms with Crippen LogP contribution in [-0.4, -0.2) is 35.2 Å². The Balaban J connectivity index is 1.38. The summed E-state index contributed by atoms with van der Waals surface area (Å²) in [6.07, 6.45) is 3.00. The molecule has 2 aromatic rings. The molecule has 1 aromatic heterocycles. The Labute approximate surface area is 138 Å². The van der Waals surface area contributed by atoms with E-state index in [1.165, 1.54) is 12.1 Å². The second kappa shape index (κ2) is 5.89. The summed E-state index contributed by atoms with van der Waals surface area (Å²) in [6.45, 7) is 1.11. The molecule has 2 fully saturated rings. The van der Waals surface area contributed by atoms with Gasteiger partial charge in [-0.25, -0.2) is 8.78 Å². The topological polar surface area (TPSA) is 61.0 Å². The number of anilines is 1. The summed E-state index contributed by atoms with van der Waals surface area (Å²) in [5.74, 6) is -0.874. The minimum absolute atomic E-state index is 0.0805. The SMILES string of the molecule is O=C(NC1CCN(c2ccc(F)cc2F)C1)c1cc(C2CC2)[nH]n1. The number of hydrogen-bond acceptors (Lipinski definition) is 3. The number of aromatic nitrogens is 2. The van der Waals surface area contributed by atoms with Gasteiger partial charge in [0.2, 0.25) is 0 Å². The molecule has 7 heteroatoms. The Morgan fingerprint density at radius 2 is 2.08 bits per heavy atom. The van der Waals surface area contributed by atoms with Crippen molar-refractivity contribution in [2.24, 2.45) is 0 Å². The lowest BCUT2D eigenvalue weighted by molar-refractivity contribution is 0.0935. The number of rotatable bonds is 4. The number of halogens is 2. The highest BCUT2D eigenvalue weighted by Crippen LogP contribution is 2.39. The zero-order valence-electron chi connectivity index (χ0n) is 13.1. The van der Waals surface area contributed by atoms with Gasteiger partial charge in [0, 0.05) is 36.8 Å². The van der Waals surface area contributed by atoms with Gasteiger partial charge < -0.3 is 10.2 Å². The molecule has 2 N–H and O–H groups in total. The van der Waals surface area contributed by atoms with Gasteiger partial charge in [-0.15, -0.1) is 0 Å². The Hall–Kier alpha value is -2.44. The van der Waals surface area contributed by atoms with E-state index in [-0.39, 0.29) is 11.9 Å².